The minimum atomic E-state index is 0.388. The Kier molecular flexibility index (Phi) is 2.77. The number of nitrogens with one attached hydrogen (secondary N) is 2. The smallest absolute Gasteiger partial charge is 0.0671 e. The summed E-state index contributed by atoms with van der Waals surface area (Å²) in [5, 5.41) is 12.0. The minimum absolute atomic E-state index is 0.388. The highest BCUT2D eigenvalue weighted by molar-refractivity contribution is 9.10. The van der Waals surface area contributed by atoms with Crippen LogP contribution in [0.5, 0.6) is 0 Å². The van der Waals surface area contributed by atoms with Gasteiger partial charge in [-0.05, 0) is 48.2 Å². The summed E-state index contributed by atoms with van der Waals surface area (Å²) in [5.74, 6) is 0. The van der Waals surface area contributed by atoms with Gasteiger partial charge in [-0.3, -0.25) is 5.10 Å². The number of aromatic amines is 1. The summed E-state index contributed by atoms with van der Waals surface area (Å²) in [6.07, 6.45) is 4.16. The van der Waals surface area contributed by atoms with Crippen molar-refractivity contribution in [1.82, 2.24) is 10.2 Å². The van der Waals surface area contributed by atoms with Gasteiger partial charge in [-0.15, -0.1) is 0 Å². The molecule has 1 atom stereocenters. The number of hydrogen-bond acceptors (Lipinski definition) is 2. The fourth-order valence-electron chi connectivity index (χ4n) is 3.02. The molecule has 3 aromatic rings. The second kappa shape index (κ2) is 4.63. The van der Waals surface area contributed by atoms with E-state index in [0.717, 1.165) is 33.9 Å². The molecule has 0 fully saturated rings. The molecule has 0 spiro atoms. The van der Waals surface area contributed by atoms with E-state index in [1.54, 1.807) is 0 Å². The zero-order valence-corrected chi connectivity index (χ0v) is 12.4. The van der Waals surface area contributed by atoms with Gasteiger partial charge in [0.05, 0.1) is 17.8 Å². The van der Waals surface area contributed by atoms with Crippen molar-refractivity contribution in [3.63, 3.8) is 0 Å². The van der Waals surface area contributed by atoms with Crippen LogP contribution in [0.4, 0.5) is 5.69 Å². The molecule has 3 nitrogen and oxygen atoms in total. The molecule has 100 valence electrons. The van der Waals surface area contributed by atoms with E-state index in [2.05, 4.69) is 61.8 Å². The van der Waals surface area contributed by atoms with Crippen molar-refractivity contribution in [2.75, 3.05) is 5.32 Å². The van der Waals surface area contributed by atoms with Gasteiger partial charge < -0.3 is 5.32 Å². The van der Waals surface area contributed by atoms with Crippen molar-refractivity contribution in [2.24, 2.45) is 0 Å². The monoisotopic (exact) mass is 327 g/mol. The number of aryl methyl sites for hydroxylation is 1. The largest absolute Gasteiger partial charge is 0.378 e. The molecular weight excluding hydrogens is 314 g/mol. The average Bonchev–Trinajstić information content (AvgIpc) is 3.06. The third-order valence-corrected chi connectivity index (χ3v) is 4.49. The second-order valence-electron chi connectivity index (χ2n) is 5.22. The molecule has 4 rings (SSSR count). The van der Waals surface area contributed by atoms with Crippen LogP contribution in [0, 0.1) is 0 Å². The van der Waals surface area contributed by atoms with Crippen molar-refractivity contribution in [3.05, 3.63) is 58.2 Å². The van der Waals surface area contributed by atoms with Crippen molar-refractivity contribution in [2.45, 2.75) is 18.9 Å². The summed E-state index contributed by atoms with van der Waals surface area (Å²) >= 11 is 3.55. The summed E-state index contributed by atoms with van der Waals surface area (Å²) in [6, 6.07) is 13.2. The number of rotatable bonds is 2. The van der Waals surface area contributed by atoms with E-state index in [9.17, 15) is 0 Å². The quantitative estimate of drug-likeness (QED) is 0.731. The van der Waals surface area contributed by atoms with Gasteiger partial charge in [0.15, 0.2) is 0 Å². The highest BCUT2D eigenvalue weighted by atomic mass is 79.9. The second-order valence-corrected chi connectivity index (χ2v) is 6.13. The number of fused-ring (bicyclic) bond motifs is 2. The number of aromatic nitrogens is 2. The van der Waals surface area contributed by atoms with Crippen LogP contribution in [0.3, 0.4) is 0 Å². The molecule has 0 amide bonds. The van der Waals surface area contributed by atoms with Crippen molar-refractivity contribution < 1.29 is 0 Å². The van der Waals surface area contributed by atoms with Gasteiger partial charge in [-0.1, -0.05) is 28.1 Å². The van der Waals surface area contributed by atoms with Crippen LogP contribution < -0.4 is 5.32 Å². The maximum absolute atomic E-state index is 4.12. The predicted molar refractivity (Wildman–Crippen MR) is 84.9 cm³/mol. The van der Waals surface area contributed by atoms with Crippen LogP contribution in [-0.2, 0) is 6.42 Å². The molecule has 20 heavy (non-hydrogen) atoms. The summed E-state index contributed by atoms with van der Waals surface area (Å²) in [4.78, 5) is 0. The number of H-pyrrole nitrogens is 1. The molecule has 0 saturated carbocycles. The van der Waals surface area contributed by atoms with Gasteiger partial charge in [0.2, 0.25) is 0 Å². The van der Waals surface area contributed by atoms with Crippen molar-refractivity contribution in [3.8, 4) is 0 Å². The molecule has 1 unspecified atom stereocenters. The lowest BCUT2D eigenvalue weighted by atomic mass is 10.1. The molecule has 0 bridgehead atoms. The lowest BCUT2D eigenvalue weighted by molar-refractivity contribution is 0.763. The van der Waals surface area contributed by atoms with Gasteiger partial charge in [0.1, 0.15) is 0 Å². The summed E-state index contributed by atoms with van der Waals surface area (Å²) in [7, 11) is 0. The molecule has 2 aromatic carbocycles. The molecule has 2 N–H and O–H groups in total. The van der Waals surface area contributed by atoms with Crippen molar-refractivity contribution >= 4 is 32.5 Å². The lowest BCUT2D eigenvalue weighted by Gasteiger charge is -2.16. The van der Waals surface area contributed by atoms with Gasteiger partial charge in [-0.25, -0.2) is 0 Å². The number of nitrogens with zero attached hydrogens (tertiary/aromatic N) is 1. The van der Waals surface area contributed by atoms with Crippen LogP contribution in [0.15, 0.2) is 47.1 Å². The normalized spacial score (nSPS) is 17.4. The Balaban J connectivity index is 1.70. The first-order chi connectivity index (χ1) is 9.81. The maximum atomic E-state index is 4.12. The van der Waals surface area contributed by atoms with E-state index < -0.39 is 0 Å². The SMILES string of the molecule is Brc1ccc2c(c1)CCC2Nc1cccc2[nH]ncc12. The zero-order chi connectivity index (χ0) is 13.5. The molecule has 4 heteroatoms. The van der Waals surface area contributed by atoms with Crippen LogP contribution in [0.2, 0.25) is 0 Å². The summed E-state index contributed by atoms with van der Waals surface area (Å²) < 4.78 is 1.16. The topological polar surface area (TPSA) is 40.7 Å². The first-order valence-corrected chi connectivity index (χ1v) is 7.57. The predicted octanol–water partition coefficient (Wildman–Crippen LogP) is 4.42. The Labute approximate surface area is 125 Å². The Hall–Kier alpha value is -1.81. The standard InChI is InChI=1S/C16H14BrN3/c17-11-5-6-12-10(8-11)4-7-15(12)19-14-2-1-3-16-13(14)9-18-20-16/h1-3,5-6,8-9,15,19H,4,7H2,(H,18,20). The molecule has 1 aromatic heterocycles. The van der Waals surface area contributed by atoms with Crippen LogP contribution in [-0.4, -0.2) is 10.2 Å². The molecule has 0 radical (unpaired) electrons. The van der Waals surface area contributed by atoms with Gasteiger partial charge in [0.25, 0.3) is 0 Å². The first-order valence-electron chi connectivity index (χ1n) is 6.78. The van der Waals surface area contributed by atoms with E-state index in [1.807, 2.05) is 12.3 Å². The minimum Gasteiger partial charge on any atom is -0.378 e. The van der Waals surface area contributed by atoms with Gasteiger partial charge >= 0.3 is 0 Å². The van der Waals surface area contributed by atoms with E-state index in [1.165, 1.54) is 11.1 Å². The van der Waals surface area contributed by atoms with Crippen molar-refractivity contribution in [1.29, 1.82) is 0 Å². The summed E-state index contributed by atoms with van der Waals surface area (Å²) in [6.45, 7) is 0. The molecule has 1 heterocycles. The van der Waals surface area contributed by atoms with Gasteiger partial charge in [0, 0.05) is 15.5 Å². The van der Waals surface area contributed by atoms with E-state index in [-0.39, 0.29) is 0 Å². The fourth-order valence-corrected chi connectivity index (χ4v) is 3.43. The third-order valence-electron chi connectivity index (χ3n) is 4.00. The average molecular weight is 328 g/mol. The highest BCUT2D eigenvalue weighted by Gasteiger charge is 2.22. The highest BCUT2D eigenvalue weighted by Crippen LogP contribution is 2.36. The molecular formula is C16H14BrN3. The van der Waals surface area contributed by atoms with Crippen LogP contribution >= 0.6 is 15.9 Å². The number of halogens is 1. The number of hydrogen-bond donors (Lipinski definition) is 2. The Bertz CT molecular complexity index is 778. The fraction of sp³-hybridized carbons (Fsp3) is 0.188. The maximum Gasteiger partial charge on any atom is 0.0671 e. The molecule has 0 aliphatic heterocycles. The zero-order valence-electron chi connectivity index (χ0n) is 10.9. The Morgan fingerprint density at radius 2 is 2.20 bits per heavy atom. The van der Waals surface area contributed by atoms with Gasteiger partial charge in [-0.2, -0.15) is 5.10 Å². The first kappa shape index (κ1) is 12.0. The molecule has 0 saturated heterocycles. The Morgan fingerprint density at radius 3 is 3.15 bits per heavy atom. The lowest BCUT2D eigenvalue weighted by Crippen LogP contribution is -2.07. The number of anilines is 1. The van der Waals surface area contributed by atoms with Crippen LogP contribution in [0.25, 0.3) is 10.9 Å². The van der Waals surface area contributed by atoms with E-state index in [0.29, 0.717) is 6.04 Å². The third kappa shape index (κ3) is 1.91. The number of benzene rings is 2. The van der Waals surface area contributed by atoms with Crippen LogP contribution in [0.1, 0.15) is 23.6 Å². The van der Waals surface area contributed by atoms with E-state index >= 15 is 0 Å². The Morgan fingerprint density at radius 1 is 1.25 bits per heavy atom. The molecule has 1 aliphatic carbocycles. The summed E-state index contributed by atoms with van der Waals surface area (Å²) in [5.41, 5.74) is 5.07. The van der Waals surface area contributed by atoms with E-state index in [4.69, 9.17) is 0 Å². The molecule has 1 aliphatic rings.